The molecule has 0 spiro atoms. The van der Waals surface area contributed by atoms with E-state index in [4.69, 9.17) is 9.47 Å². The topological polar surface area (TPSA) is 93.6 Å². The van der Waals surface area contributed by atoms with Gasteiger partial charge >= 0.3 is 5.97 Å². The number of hydrogen-bond donors (Lipinski definition) is 2. The standard InChI is InChI=1S/C12H19N3O4/c1-5-12(2,10(16)17)7-13-11-14-8(18-3)6-9(15-11)19-4/h6H,5,7H2,1-4H3,(H,16,17)(H,13,14,15). The first-order valence-corrected chi connectivity index (χ1v) is 5.89. The van der Waals surface area contributed by atoms with Gasteiger partial charge in [-0.05, 0) is 13.3 Å². The fourth-order valence-corrected chi connectivity index (χ4v) is 1.32. The van der Waals surface area contributed by atoms with Gasteiger partial charge in [0.2, 0.25) is 17.7 Å². The van der Waals surface area contributed by atoms with Gasteiger partial charge in [-0.1, -0.05) is 6.92 Å². The lowest BCUT2D eigenvalue weighted by Crippen LogP contribution is -2.34. The Balaban J connectivity index is 2.85. The predicted octanol–water partition coefficient (Wildman–Crippen LogP) is 1.41. The van der Waals surface area contributed by atoms with E-state index in [9.17, 15) is 9.90 Å². The van der Waals surface area contributed by atoms with E-state index in [1.54, 1.807) is 13.0 Å². The van der Waals surface area contributed by atoms with Crippen LogP contribution in [0.4, 0.5) is 5.95 Å². The normalized spacial score (nSPS) is 13.5. The first kappa shape index (κ1) is 15.0. The minimum atomic E-state index is -0.875. The van der Waals surface area contributed by atoms with Crippen LogP contribution in [-0.2, 0) is 4.79 Å². The summed E-state index contributed by atoms with van der Waals surface area (Å²) in [6.45, 7) is 3.71. The summed E-state index contributed by atoms with van der Waals surface area (Å²) in [5.41, 5.74) is -0.875. The molecule has 0 aliphatic heterocycles. The predicted molar refractivity (Wildman–Crippen MR) is 69.7 cm³/mol. The second-order valence-electron chi connectivity index (χ2n) is 4.35. The molecule has 0 aliphatic carbocycles. The summed E-state index contributed by atoms with van der Waals surface area (Å²) < 4.78 is 10.0. The van der Waals surface area contributed by atoms with Gasteiger partial charge in [0.15, 0.2) is 0 Å². The summed E-state index contributed by atoms with van der Waals surface area (Å²) in [4.78, 5) is 19.3. The Kier molecular flexibility index (Phi) is 4.91. The van der Waals surface area contributed by atoms with Crippen molar-refractivity contribution in [2.24, 2.45) is 5.41 Å². The van der Waals surface area contributed by atoms with Crippen molar-refractivity contribution in [2.45, 2.75) is 20.3 Å². The number of carboxylic acids is 1. The highest BCUT2D eigenvalue weighted by Crippen LogP contribution is 2.23. The molecule has 1 aromatic rings. The van der Waals surface area contributed by atoms with Crippen LogP contribution in [0.1, 0.15) is 20.3 Å². The van der Waals surface area contributed by atoms with Gasteiger partial charge < -0.3 is 19.9 Å². The molecule has 2 N–H and O–H groups in total. The molecule has 1 heterocycles. The lowest BCUT2D eigenvalue weighted by atomic mass is 9.88. The maximum absolute atomic E-state index is 11.2. The third-order valence-corrected chi connectivity index (χ3v) is 3.03. The van der Waals surface area contributed by atoms with Crippen LogP contribution < -0.4 is 14.8 Å². The Morgan fingerprint density at radius 2 is 1.89 bits per heavy atom. The molecule has 0 saturated carbocycles. The van der Waals surface area contributed by atoms with Gasteiger partial charge in [0.1, 0.15) is 0 Å². The van der Waals surface area contributed by atoms with Crippen LogP contribution in [0.2, 0.25) is 0 Å². The van der Waals surface area contributed by atoms with Gasteiger partial charge in [-0.3, -0.25) is 4.79 Å². The van der Waals surface area contributed by atoms with Crippen molar-refractivity contribution in [3.05, 3.63) is 6.07 Å². The number of hydrogen-bond acceptors (Lipinski definition) is 6. The Hall–Kier alpha value is -2.05. The highest BCUT2D eigenvalue weighted by atomic mass is 16.5. The monoisotopic (exact) mass is 269 g/mol. The van der Waals surface area contributed by atoms with E-state index in [-0.39, 0.29) is 12.5 Å². The summed E-state index contributed by atoms with van der Waals surface area (Å²) in [6.07, 6.45) is 0.496. The average molecular weight is 269 g/mol. The molecule has 0 radical (unpaired) electrons. The fourth-order valence-electron chi connectivity index (χ4n) is 1.32. The van der Waals surface area contributed by atoms with Crippen molar-refractivity contribution in [3.63, 3.8) is 0 Å². The molecule has 1 aromatic heterocycles. The largest absolute Gasteiger partial charge is 0.481 e. The van der Waals surface area contributed by atoms with Crippen molar-refractivity contribution < 1.29 is 19.4 Å². The number of carbonyl (C=O) groups is 1. The lowest BCUT2D eigenvalue weighted by Gasteiger charge is -2.23. The highest BCUT2D eigenvalue weighted by molar-refractivity contribution is 5.74. The molecular formula is C12H19N3O4. The number of aromatic nitrogens is 2. The van der Waals surface area contributed by atoms with Gasteiger partial charge in [0.05, 0.1) is 25.7 Å². The number of ether oxygens (including phenoxy) is 2. The summed E-state index contributed by atoms with van der Waals surface area (Å²) in [5, 5.41) is 12.1. The third-order valence-electron chi connectivity index (χ3n) is 3.03. The van der Waals surface area contributed by atoms with Crippen LogP contribution in [0, 0.1) is 5.41 Å². The molecule has 7 heteroatoms. The summed E-state index contributed by atoms with van der Waals surface area (Å²) in [5.74, 6) is 0.111. The zero-order valence-electron chi connectivity index (χ0n) is 11.6. The van der Waals surface area contributed by atoms with Crippen molar-refractivity contribution in [3.8, 4) is 11.8 Å². The molecule has 0 saturated heterocycles. The van der Waals surface area contributed by atoms with E-state index >= 15 is 0 Å². The number of nitrogens with zero attached hydrogens (tertiary/aromatic N) is 2. The van der Waals surface area contributed by atoms with Crippen molar-refractivity contribution in [2.75, 3.05) is 26.1 Å². The molecule has 0 aromatic carbocycles. The molecule has 1 rings (SSSR count). The van der Waals surface area contributed by atoms with Crippen LogP contribution in [0.25, 0.3) is 0 Å². The maximum Gasteiger partial charge on any atom is 0.311 e. The molecular weight excluding hydrogens is 250 g/mol. The average Bonchev–Trinajstić information content (AvgIpc) is 2.43. The number of carboxylic acid groups (broad SMARTS) is 1. The zero-order valence-corrected chi connectivity index (χ0v) is 11.6. The van der Waals surface area contributed by atoms with Crippen molar-refractivity contribution >= 4 is 11.9 Å². The van der Waals surface area contributed by atoms with E-state index in [1.807, 2.05) is 6.92 Å². The number of nitrogens with one attached hydrogen (secondary N) is 1. The Bertz CT molecular complexity index is 430. The zero-order chi connectivity index (χ0) is 14.5. The molecule has 0 aliphatic rings. The SMILES string of the molecule is CCC(C)(CNc1nc(OC)cc(OC)n1)C(=O)O. The maximum atomic E-state index is 11.2. The van der Waals surface area contributed by atoms with Gasteiger partial charge in [-0.25, -0.2) is 0 Å². The van der Waals surface area contributed by atoms with E-state index in [1.165, 1.54) is 14.2 Å². The molecule has 19 heavy (non-hydrogen) atoms. The first-order valence-electron chi connectivity index (χ1n) is 5.89. The fraction of sp³-hybridized carbons (Fsp3) is 0.583. The van der Waals surface area contributed by atoms with E-state index in [0.717, 1.165) is 0 Å². The number of methoxy groups -OCH3 is 2. The smallest absolute Gasteiger partial charge is 0.311 e. The Morgan fingerprint density at radius 1 is 1.37 bits per heavy atom. The highest BCUT2D eigenvalue weighted by Gasteiger charge is 2.31. The second-order valence-corrected chi connectivity index (χ2v) is 4.35. The van der Waals surface area contributed by atoms with Crippen LogP contribution in [-0.4, -0.2) is 41.8 Å². The summed E-state index contributed by atoms with van der Waals surface area (Å²) >= 11 is 0. The minimum absolute atomic E-state index is 0.217. The van der Waals surface area contributed by atoms with Crippen LogP contribution in [0.5, 0.6) is 11.8 Å². The van der Waals surface area contributed by atoms with Gasteiger partial charge in [0, 0.05) is 6.54 Å². The molecule has 0 amide bonds. The molecule has 7 nitrogen and oxygen atoms in total. The number of aliphatic carboxylic acids is 1. The molecule has 0 fully saturated rings. The van der Waals surface area contributed by atoms with E-state index < -0.39 is 11.4 Å². The van der Waals surface area contributed by atoms with Gasteiger partial charge in [-0.2, -0.15) is 9.97 Å². The third kappa shape index (κ3) is 3.70. The molecule has 1 unspecified atom stereocenters. The molecule has 1 atom stereocenters. The van der Waals surface area contributed by atoms with Gasteiger partial charge in [0.25, 0.3) is 0 Å². The number of rotatable bonds is 7. The van der Waals surface area contributed by atoms with Crippen LogP contribution in [0.3, 0.4) is 0 Å². The minimum Gasteiger partial charge on any atom is -0.481 e. The molecule has 106 valence electrons. The van der Waals surface area contributed by atoms with Crippen LogP contribution >= 0.6 is 0 Å². The Morgan fingerprint density at radius 3 is 2.26 bits per heavy atom. The van der Waals surface area contributed by atoms with E-state index in [0.29, 0.717) is 18.2 Å². The van der Waals surface area contributed by atoms with Crippen LogP contribution in [0.15, 0.2) is 6.07 Å². The first-order chi connectivity index (χ1) is 8.95. The quantitative estimate of drug-likeness (QED) is 0.772. The summed E-state index contributed by atoms with van der Waals surface area (Å²) in [6, 6.07) is 1.54. The number of anilines is 1. The lowest BCUT2D eigenvalue weighted by molar-refractivity contribution is -0.147. The Labute approximate surface area is 112 Å². The van der Waals surface area contributed by atoms with Crippen molar-refractivity contribution in [1.29, 1.82) is 0 Å². The van der Waals surface area contributed by atoms with E-state index in [2.05, 4.69) is 15.3 Å². The molecule has 0 bridgehead atoms. The van der Waals surface area contributed by atoms with Gasteiger partial charge in [-0.15, -0.1) is 0 Å². The summed E-state index contributed by atoms with van der Waals surface area (Å²) in [7, 11) is 2.97. The van der Waals surface area contributed by atoms with Crippen molar-refractivity contribution in [1.82, 2.24) is 9.97 Å². The second kappa shape index (κ2) is 6.21.